The van der Waals surface area contributed by atoms with Crippen molar-refractivity contribution < 1.29 is 14.3 Å². The molecule has 6 nitrogen and oxygen atoms in total. The van der Waals surface area contributed by atoms with Crippen molar-refractivity contribution in [3.63, 3.8) is 0 Å². The van der Waals surface area contributed by atoms with Crippen LogP contribution in [0, 0.1) is 0 Å². The van der Waals surface area contributed by atoms with Crippen LogP contribution in [0.15, 0.2) is 0 Å². The van der Waals surface area contributed by atoms with Gasteiger partial charge >= 0.3 is 0 Å². The Bertz CT molecular complexity index is 256. The van der Waals surface area contributed by atoms with E-state index < -0.39 is 6.04 Å². The number of nitrogens with zero attached hydrogens (tertiary/aromatic N) is 1. The molecular formula is C12H23N3O3. The largest absolute Gasteiger partial charge is 0.377 e. The summed E-state index contributed by atoms with van der Waals surface area (Å²) in [7, 11) is 1.80. The lowest BCUT2D eigenvalue weighted by Gasteiger charge is -2.34. The Balaban J connectivity index is 2.55. The Labute approximate surface area is 108 Å². The van der Waals surface area contributed by atoms with Gasteiger partial charge in [-0.3, -0.25) is 9.59 Å². The van der Waals surface area contributed by atoms with Crippen molar-refractivity contribution in [2.75, 3.05) is 39.9 Å². The van der Waals surface area contributed by atoms with Crippen molar-refractivity contribution in [2.24, 2.45) is 0 Å². The van der Waals surface area contributed by atoms with E-state index in [4.69, 9.17) is 4.74 Å². The van der Waals surface area contributed by atoms with Crippen LogP contribution in [0.4, 0.5) is 0 Å². The van der Waals surface area contributed by atoms with E-state index in [-0.39, 0.29) is 11.8 Å². The number of ether oxygens (including phenoxy) is 1. The lowest BCUT2D eigenvalue weighted by molar-refractivity contribution is -0.148. The molecule has 1 atom stereocenters. The van der Waals surface area contributed by atoms with Gasteiger partial charge in [0.05, 0.1) is 13.2 Å². The maximum Gasteiger partial charge on any atom is 0.245 e. The number of nitrogens with one attached hydrogen (secondary N) is 2. The first-order chi connectivity index (χ1) is 8.70. The van der Waals surface area contributed by atoms with E-state index in [1.165, 1.54) is 0 Å². The lowest BCUT2D eigenvalue weighted by atomic mass is 10.2. The lowest BCUT2D eigenvalue weighted by Crippen LogP contribution is -2.56. The summed E-state index contributed by atoms with van der Waals surface area (Å²) in [6.45, 7) is 4.54. The zero-order valence-electron chi connectivity index (χ0n) is 11.2. The predicted molar refractivity (Wildman–Crippen MR) is 68.2 cm³/mol. The van der Waals surface area contributed by atoms with Crippen LogP contribution in [-0.2, 0) is 14.3 Å². The first kappa shape index (κ1) is 14.9. The summed E-state index contributed by atoms with van der Waals surface area (Å²) in [5.41, 5.74) is 0. The highest BCUT2D eigenvalue weighted by molar-refractivity contribution is 5.88. The molecule has 0 aliphatic carbocycles. The summed E-state index contributed by atoms with van der Waals surface area (Å²) in [4.78, 5) is 25.6. The van der Waals surface area contributed by atoms with Gasteiger partial charge in [-0.2, -0.15) is 0 Å². The Hall–Kier alpha value is -1.14. The van der Waals surface area contributed by atoms with Crippen molar-refractivity contribution in [3.8, 4) is 0 Å². The second-order valence-electron chi connectivity index (χ2n) is 4.32. The molecule has 1 aliphatic heterocycles. The smallest absolute Gasteiger partial charge is 0.245 e. The minimum atomic E-state index is -0.477. The van der Waals surface area contributed by atoms with Crippen molar-refractivity contribution in [1.82, 2.24) is 15.5 Å². The molecule has 0 aromatic carbocycles. The standard InChI is InChI=1S/C12H23N3O3/c1-3-5-14-12(17)10-9-18-8-7-15(10)11(16)4-6-13-2/h10,13H,3-9H2,1-2H3,(H,14,17). The van der Waals surface area contributed by atoms with Crippen molar-refractivity contribution in [3.05, 3.63) is 0 Å². The Morgan fingerprint density at radius 3 is 2.83 bits per heavy atom. The van der Waals surface area contributed by atoms with Crippen LogP contribution in [-0.4, -0.2) is 62.7 Å². The molecule has 1 unspecified atom stereocenters. The topological polar surface area (TPSA) is 70.7 Å². The van der Waals surface area contributed by atoms with E-state index in [2.05, 4.69) is 10.6 Å². The highest BCUT2D eigenvalue weighted by atomic mass is 16.5. The molecule has 0 saturated carbocycles. The molecular weight excluding hydrogens is 234 g/mol. The molecule has 0 radical (unpaired) electrons. The van der Waals surface area contributed by atoms with Crippen LogP contribution in [0.2, 0.25) is 0 Å². The van der Waals surface area contributed by atoms with E-state index in [0.717, 1.165) is 6.42 Å². The zero-order valence-corrected chi connectivity index (χ0v) is 11.2. The third-order valence-corrected chi connectivity index (χ3v) is 2.89. The van der Waals surface area contributed by atoms with Gasteiger partial charge in [0.15, 0.2) is 0 Å². The fourth-order valence-electron chi connectivity index (χ4n) is 1.86. The van der Waals surface area contributed by atoms with Crippen LogP contribution in [0.5, 0.6) is 0 Å². The molecule has 6 heteroatoms. The van der Waals surface area contributed by atoms with Gasteiger partial charge in [-0.1, -0.05) is 6.92 Å². The van der Waals surface area contributed by atoms with Gasteiger partial charge in [-0.15, -0.1) is 0 Å². The van der Waals surface area contributed by atoms with Crippen molar-refractivity contribution in [2.45, 2.75) is 25.8 Å². The minimum Gasteiger partial charge on any atom is -0.377 e. The third kappa shape index (κ3) is 4.27. The molecule has 18 heavy (non-hydrogen) atoms. The molecule has 2 amide bonds. The molecule has 1 rings (SSSR count). The number of carbonyl (C=O) groups excluding carboxylic acids is 2. The second-order valence-corrected chi connectivity index (χ2v) is 4.32. The van der Waals surface area contributed by atoms with Gasteiger partial charge in [-0.05, 0) is 13.5 Å². The minimum absolute atomic E-state index is 0.00398. The van der Waals surface area contributed by atoms with E-state index in [1.54, 1.807) is 11.9 Å². The first-order valence-corrected chi connectivity index (χ1v) is 6.50. The monoisotopic (exact) mass is 257 g/mol. The normalized spacial score (nSPS) is 19.7. The van der Waals surface area contributed by atoms with Gasteiger partial charge in [0.1, 0.15) is 6.04 Å². The van der Waals surface area contributed by atoms with Gasteiger partial charge in [0, 0.05) is 26.1 Å². The predicted octanol–water partition coefficient (Wildman–Crippen LogP) is -0.650. The van der Waals surface area contributed by atoms with Gasteiger partial charge < -0.3 is 20.3 Å². The van der Waals surface area contributed by atoms with Gasteiger partial charge in [0.2, 0.25) is 11.8 Å². The average molecular weight is 257 g/mol. The fraction of sp³-hybridized carbons (Fsp3) is 0.833. The number of morpholine rings is 1. The van der Waals surface area contributed by atoms with E-state index >= 15 is 0 Å². The van der Waals surface area contributed by atoms with Crippen LogP contribution in [0.3, 0.4) is 0 Å². The number of hydrogen-bond donors (Lipinski definition) is 2. The number of hydrogen-bond acceptors (Lipinski definition) is 4. The number of rotatable bonds is 6. The summed E-state index contributed by atoms with van der Waals surface area (Å²) in [5, 5.41) is 5.75. The Morgan fingerprint density at radius 1 is 1.39 bits per heavy atom. The summed E-state index contributed by atoms with van der Waals surface area (Å²) in [6, 6.07) is -0.477. The molecule has 1 aliphatic rings. The molecule has 1 fully saturated rings. The quantitative estimate of drug-likeness (QED) is 0.663. The van der Waals surface area contributed by atoms with Gasteiger partial charge in [0.25, 0.3) is 0 Å². The van der Waals surface area contributed by atoms with E-state index in [9.17, 15) is 9.59 Å². The second kappa shape index (κ2) is 8.05. The van der Waals surface area contributed by atoms with Crippen LogP contribution >= 0.6 is 0 Å². The summed E-state index contributed by atoms with van der Waals surface area (Å²) >= 11 is 0. The Morgan fingerprint density at radius 2 is 2.17 bits per heavy atom. The highest BCUT2D eigenvalue weighted by Crippen LogP contribution is 2.09. The average Bonchev–Trinajstić information content (AvgIpc) is 2.42. The number of amides is 2. The van der Waals surface area contributed by atoms with Crippen LogP contribution < -0.4 is 10.6 Å². The third-order valence-electron chi connectivity index (χ3n) is 2.89. The maximum atomic E-state index is 12.0. The molecule has 2 N–H and O–H groups in total. The van der Waals surface area contributed by atoms with Gasteiger partial charge in [-0.25, -0.2) is 0 Å². The molecule has 1 saturated heterocycles. The van der Waals surface area contributed by atoms with E-state index in [0.29, 0.717) is 39.3 Å². The fourth-order valence-corrected chi connectivity index (χ4v) is 1.86. The molecule has 1 heterocycles. The summed E-state index contributed by atoms with van der Waals surface area (Å²) in [6.07, 6.45) is 1.29. The van der Waals surface area contributed by atoms with Crippen molar-refractivity contribution >= 4 is 11.8 Å². The summed E-state index contributed by atoms with van der Waals surface area (Å²) in [5.74, 6) is -0.112. The van der Waals surface area contributed by atoms with Crippen LogP contribution in [0.25, 0.3) is 0 Å². The Kier molecular flexibility index (Phi) is 6.67. The molecule has 0 aromatic heterocycles. The molecule has 0 spiro atoms. The van der Waals surface area contributed by atoms with E-state index in [1.807, 2.05) is 6.92 Å². The SMILES string of the molecule is CCCNC(=O)C1COCCN1C(=O)CCNC. The highest BCUT2D eigenvalue weighted by Gasteiger charge is 2.32. The summed E-state index contributed by atoms with van der Waals surface area (Å²) < 4.78 is 5.30. The maximum absolute atomic E-state index is 12.0. The molecule has 0 aromatic rings. The van der Waals surface area contributed by atoms with Crippen molar-refractivity contribution in [1.29, 1.82) is 0 Å². The zero-order chi connectivity index (χ0) is 13.4. The first-order valence-electron chi connectivity index (χ1n) is 6.50. The number of carbonyl (C=O) groups is 2. The van der Waals surface area contributed by atoms with Crippen LogP contribution in [0.1, 0.15) is 19.8 Å². The molecule has 0 bridgehead atoms. The molecule has 104 valence electrons.